The van der Waals surface area contributed by atoms with Crippen LogP contribution in [0, 0.1) is 0 Å². The lowest BCUT2D eigenvalue weighted by Crippen LogP contribution is -2.86. The van der Waals surface area contributed by atoms with Crippen LogP contribution in [0.3, 0.4) is 0 Å². The van der Waals surface area contributed by atoms with Gasteiger partial charge in [0.1, 0.15) is 13.1 Å². The maximum Gasteiger partial charge on any atom is 0.673 e. The van der Waals surface area contributed by atoms with Crippen LogP contribution >= 0.6 is 0 Å². The maximum absolute atomic E-state index is 9.75. The van der Waals surface area contributed by atoms with E-state index >= 15 is 0 Å². The molecular formula is C20H32B2F8N2. The summed E-state index contributed by atoms with van der Waals surface area (Å²) in [5.74, 6) is 0. The second-order valence-electron chi connectivity index (χ2n) is 7.33. The van der Waals surface area contributed by atoms with Gasteiger partial charge in [-0.05, 0) is 27.7 Å². The highest BCUT2D eigenvalue weighted by Crippen LogP contribution is 2.07. The third-order valence-corrected chi connectivity index (χ3v) is 3.34. The van der Waals surface area contributed by atoms with Gasteiger partial charge in [-0.2, -0.15) is 0 Å². The Morgan fingerprint density at radius 3 is 0.938 bits per heavy atom. The smallest absolute Gasteiger partial charge is 0.418 e. The molecule has 0 aliphatic carbocycles. The normalized spacial score (nSPS) is 10.9. The molecular weight excluding hydrogens is 442 g/mol. The van der Waals surface area contributed by atoms with Crippen molar-refractivity contribution in [3.05, 3.63) is 71.8 Å². The van der Waals surface area contributed by atoms with E-state index in [1.807, 2.05) is 0 Å². The van der Waals surface area contributed by atoms with Crippen LogP contribution in [-0.2, 0) is 13.1 Å². The first-order valence-electron chi connectivity index (χ1n) is 10.1. The fourth-order valence-electron chi connectivity index (χ4n) is 1.97. The summed E-state index contributed by atoms with van der Waals surface area (Å²) in [6, 6.07) is 22.5. The van der Waals surface area contributed by atoms with Crippen LogP contribution < -0.4 is 10.6 Å². The van der Waals surface area contributed by atoms with Crippen LogP contribution in [0.1, 0.15) is 38.8 Å². The molecule has 0 spiro atoms. The van der Waals surface area contributed by atoms with E-state index in [-0.39, 0.29) is 0 Å². The van der Waals surface area contributed by atoms with E-state index in [2.05, 4.69) is 99.0 Å². The van der Waals surface area contributed by atoms with Crippen molar-refractivity contribution in [1.29, 1.82) is 0 Å². The maximum atomic E-state index is 9.75. The van der Waals surface area contributed by atoms with E-state index in [0.717, 1.165) is 13.1 Å². The Bertz CT molecular complexity index is 595. The number of hydrogen-bond donors (Lipinski definition) is 2. The van der Waals surface area contributed by atoms with Crippen molar-refractivity contribution >= 4 is 14.5 Å². The Morgan fingerprint density at radius 2 is 0.750 bits per heavy atom. The Labute approximate surface area is 185 Å². The number of halogens is 8. The molecule has 0 fully saturated rings. The summed E-state index contributed by atoms with van der Waals surface area (Å²) in [7, 11) is -12.0. The van der Waals surface area contributed by atoms with Crippen LogP contribution in [0.25, 0.3) is 0 Å². The summed E-state index contributed by atoms with van der Waals surface area (Å²) in [6.45, 7) is 11.0. The third kappa shape index (κ3) is 35.4. The molecule has 4 N–H and O–H groups in total. The summed E-state index contributed by atoms with van der Waals surface area (Å²) in [6.07, 6.45) is 0. The summed E-state index contributed by atoms with van der Waals surface area (Å²) < 4.78 is 78.0. The highest BCUT2D eigenvalue weighted by molar-refractivity contribution is 6.50. The Balaban J connectivity index is 0. The molecule has 0 heterocycles. The minimum absolute atomic E-state index is 0.690. The average Bonchev–Trinajstić information content (AvgIpc) is 2.64. The van der Waals surface area contributed by atoms with Crippen molar-refractivity contribution in [3.8, 4) is 0 Å². The molecule has 0 unspecified atom stereocenters. The van der Waals surface area contributed by atoms with Crippen molar-refractivity contribution in [2.45, 2.75) is 52.9 Å². The molecule has 12 heteroatoms. The molecule has 32 heavy (non-hydrogen) atoms. The summed E-state index contributed by atoms with van der Waals surface area (Å²) >= 11 is 0. The van der Waals surface area contributed by atoms with E-state index in [1.54, 1.807) is 0 Å². The molecule has 184 valence electrons. The molecule has 0 aliphatic rings. The minimum atomic E-state index is -6.00. The van der Waals surface area contributed by atoms with Gasteiger partial charge in [0.15, 0.2) is 0 Å². The Hall–Kier alpha value is -2.07. The number of quaternary nitrogens is 2. The van der Waals surface area contributed by atoms with E-state index in [0.29, 0.717) is 12.1 Å². The van der Waals surface area contributed by atoms with Crippen molar-refractivity contribution in [2.24, 2.45) is 0 Å². The molecule has 0 aliphatic heterocycles. The van der Waals surface area contributed by atoms with E-state index in [9.17, 15) is 34.5 Å². The van der Waals surface area contributed by atoms with Crippen LogP contribution in [0.2, 0.25) is 0 Å². The fourth-order valence-corrected chi connectivity index (χ4v) is 1.97. The lowest BCUT2D eigenvalue weighted by molar-refractivity contribution is -0.698. The predicted molar refractivity (Wildman–Crippen MR) is 115 cm³/mol. The number of benzene rings is 2. The molecule has 0 saturated carbocycles. The topological polar surface area (TPSA) is 33.2 Å². The molecule has 0 atom stereocenters. The second-order valence-corrected chi connectivity index (χ2v) is 7.33. The van der Waals surface area contributed by atoms with Crippen molar-refractivity contribution in [2.75, 3.05) is 0 Å². The zero-order valence-electron chi connectivity index (χ0n) is 18.7. The van der Waals surface area contributed by atoms with E-state index in [4.69, 9.17) is 0 Å². The average molecular weight is 474 g/mol. The van der Waals surface area contributed by atoms with Crippen molar-refractivity contribution in [1.82, 2.24) is 0 Å². The van der Waals surface area contributed by atoms with Crippen LogP contribution in [0.15, 0.2) is 60.7 Å². The third-order valence-electron chi connectivity index (χ3n) is 3.34. The Kier molecular flexibility index (Phi) is 17.5. The minimum Gasteiger partial charge on any atom is -0.418 e. The SMILES string of the molecule is CC(C)[NH2+]Cc1ccccc1.CC(C)[NH2+]Cc1ccccc1.F[B-](F)(F)F.F[B-](F)(F)F. The lowest BCUT2D eigenvalue weighted by Gasteiger charge is -2.03. The van der Waals surface area contributed by atoms with E-state index < -0.39 is 14.5 Å². The first kappa shape index (κ1) is 32.1. The first-order chi connectivity index (χ1) is 14.6. The number of hydrogen-bond acceptors (Lipinski definition) is 0. The quantitative estimate of drug-likeness (QED) is 0.441. The molecule has 0 radical (unpaired) electrons. The van der Waals surface area contributed by atoms with Gasteiger partial charge < -0.3 is 45.2 Å². The van der Waals surface area contributed by atoms with Gasteiger partial charge in [0.25, 0.3) is 0 Å². The van der Waals surface area contributed by atoms with Gasteiger partial charge in [0.2, 0.25) is 0 Å². The monoisotopic (exact) mass is 474 g/mol. The highest BCUT2D eigenvalue weighted by Gasteiger charge is 2.21. The van der Waals surface area contributed by atoms with Gasteiger partial charge in [-0.3, -0.25) is 0 Å². The second kappa shape index (κ2) is 17.5. The van der Waals surface area contributed by atoms with Gasteiger partial charge in [0.05, 0.1) is 12.1 Å². The molecule has 0 aromatic heterocycles. The molecule has 2 aromatic rings. The number of rotatable bonds is 6. The first-order valence-corrected chi connectivity index (χ1v) is 10.1. The predicted octanol–water partition coefficient (Wildman–Crippen LogP) is 4.92. The molecule has 0 amide bonds. The number of nitrogens with two attached hydrogens (primary N) is 2. The van der Waals surface area contributed by atoms with Gasteiger partial charge in [-0.1, -0.05) is 60.7 Å². The zero-order chi connectivity index (χ0) is 25.2. The largest absolute Gasteiger partial charge is 0.673 e. The van der Waals surface area contributed by atoms with Gasteiger partial charge >= 0.3 is 14.5 Å². The van der Waals surface area contributed by atoms with Gasteiger partial charge in [-0.15, -0.1) is 0 Å². The zero-order valence-corrected chi connectivity index (χ0v) is 18.7. The van der Waals surface area contributed by atoms with Crippen molar-refractivity contribution in [3.63, 3.8) is 0 Å². The van der Waals surface area contributed by atoms with Crippen LogP contribution in [-0.4, -0.2) is 26.6 Å². The van der Waals surface area contributed by atoms with Crippen LogP contribution in [0.5, 0.6) is 0 Å². The molecule has 2 aromatic carbocycles. The van der Waals surface area contributed by atoms with E-state index in [1.165, 1.54) is 11.1 Å². The lowest BCUT2D eigenvalue weighted by atomic mass is 10.2. The molecule has 2 rings (SSSR count). The molecule has 2 nitrogen and oxygen atoms in total. The van der Waals surface area contributed by atoms with Gasteiger partial charge in [0, 0.05) is 11.1 Å². The fraction of sp³-hybridized carbons (Fsp3) is 0.400. The van der Waals surface area contributed by atoms with Gasteiger partial charge in [-0.25, -0.2) is 0 Å². The standard InChI is InChI=1S/2C10H15N.2BF4/c2*1-9(2)11-8-10-6-4-3-5-7-10;2*2-1(3,4)5/h2*3-7,9,11H,8H2,1-2H3;;/q;;2*-1/p+2. The molecule has 0 bridgehead atoms. The highest BCUT2D eigenvalue weighted by atomic mass is 19.5. The Morgan fingerprint density at radius 1 is 0.531 bits per heavy atom. The molecule has 0 saturated heterocycles. The summed E-state index contributed by atoms with van der Waals surface area (Å²) in [5, 5.41) is 4.66. The van der Waals surface area contributed by atoms with Crippen LogP contribution in [0.4, 0.5) is 34.5 Å². The summed E-state index contributed by atoms with van der Waals surface area (Å²) in [4.78, 5) is 0. The van der Waals surface area contributed by atoms with Crippen molar-refractivity contribution < 1.29 is 45.2 Å². The summed E-state index contributed by atoms with van der Waals surface area (Å²) in [5.41, 5.74) is 2.81.